The first-order valence-corrected chi connectivity index (χ1v) is 14.7. The van der Waals surface area contributed by atoms with Crippen LogP contribution in [0.25, 0.3) is 11.1 Å². The van der Waals surface area contributed by atoms with Crippen molar-refractivity contribution in [1.82, 2.24) is 9.80 Å². The van der Waals surface area contributed by atoms with Crippen LogP contribution in [0.5, 0.6) is 11.5 Å². The molecule has 0 saturated carbocycles. The molecule has 222 valence electrons. The Balaban J connectivity index is 1.26. The molecule has 0 unspecified atom stereocenters. The van der Waals surface area contributed by atoms with Gasteiger partial charge in [0.05, 0.1) is 31.5 Å². The maximum Gasteiger partial charge on any atom is 0.337 e. The molecule has 0 atom stereocenters. The Kier molecular flexibility index (Phi) is 9.12. The topological polar surface area (TPSA) is 68.3 Å². The van der Waals surface area contributed by atoms with Crippen molar-refractivity contribution in [3.05, 3.63) is 83.2 Å². The second-order valence-electron chi connectivity index (χ2n) is 11.2. The summed E-state index contributed by atoms with van der Waals surface area (Å²) >= 11 is 0. The Bertz CT molecular complexity index is 1390. The van der Waals surface area contributed by atoms with E-state index in [9.17, 15) is 14.0 Å². The molecule has 3 aromatic carbocycles. The van der Waals surface area contributed by atoms with Gasteiger partial charge in [0, 0.05) is 26.1 Å². The molecular formula is C34H39FN2O5. The molecule has 1 spiro atoms. The first kappa shape index (κ1) is 29.6. The number of piperidine rings is 1. The van der Waals surface area contributed by atoms with Gasteiger partial charge in [0.15, 0.2) is 0 Å². The molecule has 0 bridgehead atoms. The molecule has 0 N–H and O–H groups in total. The SMILES string of the molecule is CCOc1cc(CN2CCC3(CC2)CC(=O)N(Cc2cccc(C(=O)OC)c2)C3)cc(OCC)c1-c1ccc(F)cc1. The van der Waals surface area contributed by atoms with Gasteiger partial charge in [-0.25, -0.2) is 9.18 Å². The number of carbonyl (C=O) groups is 2. The molecule has 2 aliphatic heterocycles. The average Bonchev–Trinajstić information content (AvgIpc) is 3.28. The zero-order valence-corrected chi connectivity index (χ0v) is 24.7. The molecule has 7 nitrogen and oxygen atoms in total. The number of hydrogen-bond donors (Lipinski definition) is 0. The Morgan fingerprint density at radius 2 is 1.57 bits per heavy atom. The number of nitrogens with zero attached hydrogens (tertiary/aromatic N) is 2. The van der Waals surface area contributed by atoms with Crippen molar-refractivity contribution in [2.24, 2.45) is 5.41 Å². The predicted molar refractivity (Wildman–Crippen MR) is 159 cm³/mol. The molecule has 8 heteroatoms. The van der Waals surface area contributed by atoms with Crippen LogP contribution in [0.1, 0.15) is 54.6 Å². The standard InChI is InChI=1S/C34H39FN2O5/c1-4-41-29-18-25(19-30(42-5-2)32(29)26-9-11-28(35)12-10-26)21-36-15-13-34(14-16-36)20-31(38)37(23-34)22-24-7-6-8-27(17-24)33(39)40-3/h6-12,17-19H,4-5,13-16,20-23H2,1-3H3. The Labute approximate surface area is 247 Å². The molecule has 5 rings (SSSR count). The van der Waals surface area contributed by atoms with Gasteiger partial charge >= 0.3 is 5.97 Å². The van der Waals surface area contributed by atoms with E-state index in [1.165, 1.54) is 19.2 Å². The highest BCUT2D eigenvalue weighted by Gasteiger charge is 2.44. The lowest BCUT2D eigenvalue weighted by Gasteiger charge is -2.39. The van der Waals surface area contributed by atoms with Crippen molar-refractivity contribution in [2.45, 2.75) is 46.2 Å². The molecular weight excluding hydrogens is 535 g/mol. The summed E-state index contributed by atoms with van der Waals surface area (Å²) < 4.78 is 30.6. The van der Waals surface area contributed by atoms with Gasteiger partial charge in [-0.1, -0.05) is 24.3 Å². The fourth-order valence-corrected chi connectivity index (χ4v) is 6.21. The van der Waals surface area contributed by atoms with Crippen LogP contribution in [-0.4, -0.2) is 61.6 Å². The van der Waals surface area contributed by atoms with Crippen LogP contribution in [-0.2, 0) is 22.6 Å². The first-order valence-electron chi connectivity index (χ1n) is 14.7. The first-order chi connectivity index (χ1) is 20.3. The minimum Gasteiger partial charge on any atom is -0.493 e. The predicted octanol–water partition coefficient (Wildman–Crippen LogP) is 6.09. The van der Waals surface area contributed by atoms with Gasteiger partial charge < -0.3 is 19.1 Å². The van der Waals surface area contributed by atoms with Crippen LogP contribution < -0.4 is 9.47 Å². The van der Waals surface area contributed by atoms with Crippen LogP contribution >= 0.6 is 0 Å². The quantitative estimate of drug-likeness (QED) is 0.273. The number of halogens is 1. The molecule has 1 amide bonds. The number of ether oxygens (including phenoxy) is 3. The minimum atomic E-state index is -0.375. The lowest BCUT2D eigenvalue weighted by atomic mass is 9.77. The van der Waals surface area contributed by atoms with Gasteiger partial charge in [0.2, 0.25) is 5.91 Å². The monoisotopic (exact) mass is 574 g/mol. The summed E-state index contributed by atoms with van der Waals surface area (Å²) in [6.07, 6.45) is 2.45. The van der Waals surface area contributed by atoms with Crippen LogP contribution in [0.15, 0.2) is 60.7 Å². The minimum absolute atomic E-state index is 0.0209. The zero-order chi connectivity index (χ0) is 29.7. The normalized spacial score (nSPS) is 16.6. The molecule has 2 aliphatic rings. The van der Waals surface area contributed by atoms with E-state index < -0.39 is 0 Å². The number of carbonyl (C=O) groups excluding carboxylic acids is 2. The van der Waals surface area contributed by atoms with Crippen LogP contribution in [0.4, 0.5) is 4.39 Å². The summed E-state index contributed by atoms with van der Waals surface area (Å²) in [4.78, 5) is 29.3. The van der Waals surface area contributed by atoms with Crippen molar-refractivity contribution < 1.29 is 28.2 Å². The van der Waals surface area contributed by atoms with Gasteiger partial charge in [-0.2, -0.15) is 0 Å². The summed E-state index contributed by atoms with van der Waals surface area (Å²) in [5, 5.41) is 0. The molecule has 2 heterocycles. The van der Waals surface area contributed by atoms with Crippen molar-refractivity contribution in [3.63, 3.8) is 0 Å². The smallest absolute Gasteiger partial charge is 0.337 e. The summed E-state index contributed by atoms with van der Waals surface area (Å²) in [5.74, 6) is 0.971. The van der Waals surface area contributed by atoms with Crippen molar-refractivity contribution in [2.75, 3.05) is 40.0 Å². The Morgan fingerprint density at radius 1 is 0.905 bits per heavy atom. The third kappa shape index (κ3) is 6.59. The molecule has 0 radical (unpaired) electrons. The van der Waals surface area contributed by atoms with E-state index in [-0.39, 0.29) is 23.1 Å². The molecule has 0 aromatic heterocycles. The molecule has 0 aliphatic carbocycles. The van der Waals surface area contributed by atoms with E-state index in [2.05, 4.69) is 17.0 Å². The second kappa shape index (κ2) is 12.9. The van der Waals surface area contributed by atoms with Crippen LogP contribution in [0, 0.1) is 11.2 Å². The lowest BCUT2D eigenvalue weighted by molar-refractivity contribution is -0.128. The van der Waals surface area contributed by atoms with E-state index >= 15 is 0 Å². The van der Waals surface area contributed by atoms with Gasteiger partial charge in [-0.15, -0.1) is 0 Å². The van der Waals surface area contributed by atoms with E-state index in [0.29, 0.717) is 31.7 Å². The number of amides is 1. The second-order valence-corrected chi connectivity index (χ2v) is 11.2. The molecule has 2 fully saturated rings. The van der Waals surface area contributed by atoms with Crippen molar-refractivity contribution in [3.8, 4) is 22.6 Å². The fraction of sp³-hybridized carbons (Fsp3) is 0.412. The van der Waals surface area contributed by atoms with Gasteiger partial charge in [-0.05, 0) is 98.3 Å². The maximum absolute atomic E-state index is 13.6. The highest BCUT2D eigenvalue weighted by Crippen LogP contribution is 2.43. The number of rotatable bonds is 10. The highest BCUT2D eigenvalue weighted by molar-refractivity contribution is 5.89. The summed E-state index contributed by atoms with van der Waals surface area (Å²) in [6.45, 7) is 8.69. The zero-order valence-electron chi connectivity index (χ0n) is 24.7. The molecule has 2 saturated heterocycles. The van der Waals surface area contributed by atoms with Gasteiger partial charge in [0.25, 0.3) is 0 Å². The number of hydrogen-bond acceptors (Lipinski definition) is 6. The fourth-order valence-electron chi connectivity index (χ4n) is 6.21. The number of benzene rings is 3. The van der Waals surface area contributed by atoms with Gasteiger partial charge in [-0.3, -0.25) is 9.69 Å². The van der Waals surface area contributed by atoms with E-state index in [1.54, 1.807) is 24.3 Å². The Morgan fingerprint density at radius 3 is 2.19 bits per heavy atom. The number of likely N-dealkylation sites (tertiary alicyclic amines) is 2. The van der Waals surface area contributed by atoms with E-state index in [1.807, 2.05) is 30.9 Å². The summed E-state index contributed by atoms with van der Waals surface area (Å²) in [5.41, 5.74) is 4.19. The average molecular weight is 575 g/mol. The maximum atomic E-state index is 13.6. The van der Waals surface area contributed by atoms with E-state index in [0.717, 1.165) is 72.8 Å². The van der Waals surface area contributed by atoms with E-state index in [4.69, 9.17) is 14.2 Å². The van der Waals surface area contributed by atoms with Gasteiger partial charge in [0.1, 0.15) is 17.3 Å². The lowest BCUT2D eigenvalue weighted by Crippen LogP contribution is -2.41. The third-order valence-electron chi connectivity index (χ3n) is 8.31. The highest BCUT2D eigenvalue weighted by atomic mass is 19.1. The molecule has 3 aromatic rings. The molecule has 42 heavy (non-hydrogen) atoms. The van der Waals surface area contributed by atoms with Crippen molar-refractivity contribution >= 4 is 11.9 Å². The van der Waals surface area contributed by atoms with Crippen LogP contribution in [0.3, 0.4) is 0 Å². The summed E-state index contributed by atoms with van der Waals surface area (Å²) in [6, 6.07) is 17.8. The number of methoxy groups -OCH3 is 1. The largest absolute Gasteiger partial charge is 0.493 e. The third-order valence-corrected chi connectivity index (χ3v) is 8.31. The van der Waals surface area contributed by atoms with Crippen LogP contribution in [0.2, 0.25) is 0 Å². The Hall–Kier alpha value is -3.91. The van der Waals surface area contributed by atoms with Crippen molar-refractivity contribution in [1.29, 1.82) is 0 Å². The number of esters is 1. The summed E-state index contributed by atoms with van der Waals surface area (Å²) in [7, 11) is 1.37.